The van der Waals surface area contributed by atoms with Crippen molar-refractivity contribution in [1.82, 2.24) is 14.5 Å². The first kappa shape index (κ1) is 21.9. The zero-order valence-electron chi connectivity index (χ0n) is 16.6. The molecule has 29 heavy (non-hydrogen) atoms. The Balaban J connectivity index is 1.81. The second-order valence-corrected chi connectivity index (χ2v) is 11.0. The van der Waals surface area contributed by atoms with Crippen LogP contribution in [0.25, 0.3) is 0 Å². The van der Waals surface area contributed by atoms with Crippen molar-refractivity contribution in [2.45, 2.75) is 48.9 Å². The summed E-state index contributed by atoms with van der Waals surface area (Å²) in [5.74, 6) is 0.330. The molecule has 0 bridgehead atoms. The maximum atomic E-state index is 13.4. The van der Waals surface area contributed by atoms with E-state index in [0.717, 1.165) is 9.90 Å². The summed E-state index contributed by atoms with van der Waals surface area (Å²) >= 11 is 2.74. The molecule has 156 valence electrons. The SMILES string of the molecule is C=CCSc1nnc(NC(=O)C2CCCN2S(=O)(=O)c2c(C)cc(C)cc2C)s1. The third-order valence-corrected chi connectivity index (χ3v) is 8.82. The van der Waals surface area contributed by atoms with Gasteiger partial charge >= 0.3 is 0 Å². The Labute approximate surface area is 179 Å². The molecule has 1 aromatic heterocycles. The van der Waals surface area contributed by atoms with Crippen molar-refractivity contribution in [3.05, 3.63) is 41.5 Å². The van der Waals surface area contributed by atoms with Crippen LogP contribution in [0.1, 0.15) is 29.5 Å². The van der Waals surface area contributed by atoms with Crippen LogP contribution in [0.15, 0.2) is 34.0 Å². The minimum absolute atomic E-state index is 0.293. The predicted molar refractivity (Wildman–Crippen MR) is 117 cm³/mol. The van der Waals surface area contributed by atoms with E-state index in [-0.39, 0.29) is 5.91 Å². The number of thioether (sulfide) groups is 1. The van der Waals surface area contributed by atoms with Crippen LogP contribution in [0.2, 0.25) is 0 Å². The number of rotatable bonds is 7. The highest BCUT2D eigenvalue weighted by atomic mass is 32.2. The number of nitrogens with one attached hydrogen (secondary N) is 1. The summed E-state index contributed by atoms with van der Waals surface area (Å²) in [7, 11) is -3.79. The van der Waals surface area contributed by atoms with E-state index in [0.29, 0.717) is 46.3 Å². The minimum Gasteiger partial charge on any atom is -0.299 e. The molecule has 1 atom stereocenters. The molecule has 0 saturated carbocycles. The topological polar surface area (TPSA) is 92.3 Å². The summed E-state index contributed by atoms with van der Waals surface area (Å²) in [5, 5.41) is 11.1. The largest absolute Gasteiger partial charge is 0.299 e. The first-order chi connectivity index (χ1) is 13.7. The van der Waals surface area contributed by atoms with Gasteiger partial charge in [-0.1, -0.05) is 46.9 Å². The monoisotopic (exact) mass is 452 g/mol. The Morgan fingerprint density at radius 1 is 1.34 bits per heavy atom. The van der Waals surface area contributed by atoms with Crippen LogP contribution in [0.3, 0.4) is 0 Å². The molecule has 1 N–H and O–H groups in total. The molecule has 1 aromatic carbocycles. The Hall–Kier alpha value is -1.75. The fourth-order valence-electron chi connectivity index (χ4n) is 3.62. The second-order valence-electron chi connectivity index (χ2n) is 6.96. The predicted octanol–water partition coefficient (Wildman–Crippen LogP) is 3.53. The summed E-state index contributed by atoms with van der Waals surface area (Å²) in [6, 6.07) is 2.96. The minimum atomic E-state index is -3.79. The molecule has 2 aromatic rings. The van der Waals surface area contributed by atoms with Crippen molar-refractivity contribution in [2.24, 2.45) is 0 Å². The van der Waals surface area contributed by atoms with Crippen molar-refractivity contribution in [1.29, 1.82) is 0 Å². The van der Waals surface area contributed by atoms with E-state index in [4.69, 9.17) is 0 Å². The quantitative estimate of drug-likeness (QED) is 0.392. The van der Waals surface area contributed by atoms with Crippen molar-refractivity contribution >= 4 is 44.2 Å². The molecule has 1 amide bonds. The van der Waals surface area contributed by atoms with Gasteiger partial charge in [-0.05, 0) is 44.7 Å². The van der Waals surface area contributed by atoms with Gasteiger partial charge in [0.2, 0.25) is 21.1 Å². The number of anilines is 1. The molecular weight excluding hydrogens is 428 g/mol. The van der Waals surface area contributed by atoms with Gasteiger partial charge in [0.25, 0.3) is 0 Å². The number of amides is 1. The Kier molecular flexibility index (Phi) is 6.77. The summed E-state index contributed by atoms with van der Waals surface area (Å²) < 4.78 is 28.8. The summed E-state index contributed by atoms with van der Waals surface area (Å²) in [5.41, 5.74) is 2.40. The number of benzene rings is 1. The van der Waals surface area contributed by atoms with Gasteiger partial charge in [-0.25, -0.2) is 8.42 Å². The molecule has 1 saturated heterocycles. The fourth-order valence-corrected chi connectivity index (χ4v) is 7.21. The first-order valence-electron chi connectivity index (χ1n) is 9.21. The third kappa shape index (κ3) is 4.71. The second kappa shape index (κ2) is 8.95. The molecular formula is C19H24N4O3S3. The van der Waals surface area contributed by atoms with Crippen LogP contribution >= 0.6 is 23.1 Å². The molecule has 0 spiro atoms. The van der Waals surface area contributed by atoms with Gasteiger partial charge in [-0.2, -0.15) is 4.31 Å². The Morgan fingerprint density at radius 2 is 2.03 bits per heavy atom. The molecule has 0 radical (unpaired) electrons. The number of nitrogens with zero attached hydrogens (tertiary/aromatic N) is 3. The standard InChI is InChI=1S/C19H24N4O3S3/c1-5-9-27-19-22-21-18(28-19)20-17(24)15-7-6-8-23(15)29(25,26)16-13(3)10-12(2)11-14(16)4/h5,10-11,15H,1,6-9H2,2-4H3,(H,20,21,24). The molecule has 1 unspecified atom stereocenters. The van der Waals surface area contributed by atoms with Crippen LogP contribution in [0.5, 0.6) is 0 Å². The van der Waals surface area contributed by atoms with E-state index >= 15 is 0 Å². The number of sulfonamides is 1. The lowest BCUT2D eigenvalue weighted by atomic mass is 10.1. The van der Waals surface area contributed by atoms with Crippen LogP contribution in [0, 0.1) is 20.8 Å². The van der Waals surface area contributed by atoms with Crippen molar-refractivity contribution < 1.29 is 13.2 Å². The zero-order chi connectivity index (χ0) is 21.2. The highest BCUT2D eigenvalue weighted by Crippen LogP contribution is 2.32. The lowest BCUT2D eigenvalue weighted by molar-refractivity contribution is -0.119. The first-order valence-corrected chi connectivity index (χ1v) is 12.5. The lowest BCUT2D eigenvalue weighted by Crippen LogP contribution is -2.43. The number of aryl methyl sites for hydroxylation is 3. The van der Waals surface area contributed by atoms with E-state index in [1.807, 2.05) is 19.1 Å². The van der Waals surface area contributed by atoms with E-state index in [2.05, 4.69) is 22.1 Å². The van der Waals surface area contributed by atoms with Crippen molar-refractivity contribution in [2.75, 3.05) is 17.6 Å². The smallest absolute Gasteiger partial charge is 0.244 e. The molecule has 0 aliphatic carbocycles. The summed E-state index contributed by atoms with van der Waals surface area (Å²) in [6.45, 7) is 9.51. The van der Waals surface area contributed by atoms with Gasteiger partial charge in [0.05, 0.1) is 4.90 Å². The fraction of sp³-hybridized carbons (Fsp3) is 0.421. The van der Waals surface area contributed by atoms with Gasteiger partial charge in [0, 0.05) is 12.3 Å². The molecule has 7 nitrogen and oxygen atoms in total. The number of aromatic nitrogens is 2. The highest BCUT2D eigenvalue weighted by Gasteiger charge is 2.40. The maximum absolute atomic E-state index is 13.4. The van der Waals surface area contributed by atoms with Crippen LogP contribution < -0.4 is 5.32 Å². The number of carbonyl (C=O) groups excluding carboxylic acids is 1. The number of hydrogen-bond acceptors (Lipinski definition) is 7. The van der Waals surface area contributed by atoms with Gasteiger partial charge in [-0.15, -0.1) is 16.8 Å². The van der Waals surface area contributed by atoms with E-state index in [1.165, 1.54) is 27.4 Å². The lowest BCUT2D eigenvalue weighted by Gasteiger charge is -2.25. The van der Waals surface area contributed by atoms with Crippen LogP contribution in [0.4, 0.5) is 5.13 Å². The molecule has 10 heteroatoms. The molecule has 1 aliphatic heterocycles. The summed E-state index contributed by atoms with van der Waals surface area (Å²) in [6.07, 6.45) is 2.88. The average Bonchev–Trinajstić information content (AvgIpc) is 3.28. The van der Waals surface area contributed by atoms with Gasteiger partial charge in [0.15, 0.2) is 4.34 Å². The van der Waals surface area contributed by atoms with Gasteiger partial charge < -0.3 is 0 Å². The van der Waals surface area contributed by atoms with Crippen LogP contribution in [-0.2, 0) is 14.8 Å². The summed E-state index contributed by atoms with van der Waals surface area (Å²) in [4.78, 5) is 13.1. The van der Waals surface area contributed by atoms with Crippen molar-refractivity contribution in [3.63, 3.8) is 0 Å². The Morgan fingerprint density at radius 3 is 2.69 bits per heavy atom. The molecule has 1 fully saturated rings. The number of hydrogen-bond donors (Lipinski definition) is 1. The van der Waals surface area contributed by atoms with E-state index in [9.17, 15) is 13.2 Å². The Bertz CT molecular complexity index is 1010. The van der Waals surface area contributed by atoms with Gasteiger partial charge in [0.1, 0.15) is 6.04 Å². The molecule has 3 rings (SSSR count). The zero-order valence-corrected chi connectivity index (χ0v) is 19.1. The maximum Gasteiger partial charge on any atom is 0.244 e. The van der Waals surface area contributed by atoms with Gasteiger partial charge in [-0.3, -0.25) is 10.1 Å². The van der Waals surface area contributed by atoms with Crippen LogP contribution in [-0.4, -0.2) is 47.2 Å². The number of carbonyl (C=O) groups is 1. The average molecular weight is 453 g/mol. The normalized spacial score (nSPS) is 17.4. The third-order valence-electron chi connectivity index (χ3n) is 4.64. The molecule has 2 heterocycles. The van der Waals surface area contributed by atoms with E-state index in [1.54, 1.807) is 19.9 Å². The molecule has 1 aliphatic rings. The van der Waals surface area contributed by atoms with Crippen molar-refractivity contribution in [3.8, 4) is 0 Å². The highest BCUT2D eigenvalue weighted by molar-refractivity contribution is 8.01. The van der Waals surface area contributed by atoms with E-state index < -0.39 is 16.1 Å².